The summed E-state index contributed by atoms with van der Waals surface area (Å²) < 4.78 is 13.5. The van der Waals surface area contributed by atoms with Crippen molar-refractivity contribution in [1.82, 2.24) is 4.57 Å². The first kappa shape index (κ1) is 13.8. The number of rotatable bonds is 2. The molecule has 0 aliphatic carbocycles. The van der Waals surface area contributed by atoms with Crippen LogP contribution >= 0.6 is 0 Å². The molecule has 1 aromatic heterocycles. The van der Waals surface area contributed by atoms with Crippen molar-refractivity contribution in [2.24, 2.45) is 0 Å². The Bertz CT molecular complexity index is 964. The number of fused-ring (bicyclic) bond motifs is 3. The largest absolute Gasteiger partial charge is 0.494 e. The van der Waals surface area contributed by atoms with E-state index >= 15 is 0 Å². The third-order valence-electron chi connectivity index (χ3n) is 4.63. The van der Waals surface area contributed by atoms with Crippen molar-refractivity contribution < 1.29 is 9.31 Å². The fraction of sp³-hybridized carbons (Fsp3) is 0.100. The molecule has 1 fully saturated rings. The Morgan fingerprint density at radius 1 is 0.667 bits per heavy atom. The zero-order chi connectivity index (χ0) is 15.9. The molecule has 1 aliphatic rings. The Morgan fingerprint density at radius 3 is 1.79 bits per heavy atom. The number of nitrogens with zero attached hydrogens (tertiary/aromatic N) is 1. The fourth-order valence-corrected chi connectivity index (χ4v) is 3.53. The van der Waals surface area contributed by atoms with Crippen LogP contribution in [0.25, 0.3) is 27.5 Å². The van der Waals surface area contributed by atoms with E-state index in [-0.39, 0.29) is 7.12 Å². The highest BCUT2D eigenvalue weighted by molar-refractivity contribution is 6.61. The molecule has 0 saturated carbocycles. The molecule has 0 atom stereocenters. The van der Waals surface area contributed by atoms with Gasteiger partial charge in [-0.3, -0.25) is 0 Å². The molecule has 0 radical (unpaired) electrons. The highest BCUT2D eigenvalue weighted by Gasteiger charge is 2.25. The maximum atomic E-state index is 5.58. The van der Waals surface area contributed by atoms with E-state index in [1.165, 1.54) is 21.8 Å². The molecule has 3 aromatic carbocycles. The van der Waals surface area contributed by atoms with Crippen molar-refractivity contribution in [1.29, 1.82) is 0 Å². The van der Waals surface area contributed by atoms with Gasteiger partial charge in [0.1, 0.15) is 0 Å². The van der Waals surface area contributed by atoms with Crippen LogP contribution in [0.1, 0.15) is 0 Å². The zero-order valence-corrected chi connectivity index (χ0v) is 13.2. The van der Waals surface area contributed by atoms with E-state index in [4.69, 9.17) is 9.31 Å². The summed E-state index contributed by atoms with van der Waals surface area (Å²) >= 11 is 0. The normalized spacial score (nSPS) is 14.8. The first-order valence-corrected chi connectivity index (χ1v) is 8.23. The van der Waals surface area contributed by atoms with Crippen molar-refractivity contribution in [2.75, 3.05) is 13.2 Å². The molecule has 0 spiro atoms. The topological polar surface area (TPSA) is 23.4 Å². The summed E-state index contributed by atoms with van der Waals surface area (Å²) in [6.45, 7) is 1.33. The predicted octanol–water partition coefficient (Wildman–Crippen LogP) is 3.53. The van der Waals surface area contributed by atoms with Crippen LogP contribution < -0.4 is 5.46 Å². The third-order valence-corrected chi connectivity index (χ3v) is 4.63. The monoisotopic (exact) mass is 313 g/mol. The maximum Gasteiger partial charge on any atom is 0.494 e. The quantitative estimate of drug-likeness (QED) is 0.529. The minimum absolute atomic E-state index is 0.225. The molecule has 0 unspecified atom stereocenters. The van der Waals surface area contributed by atoms with Crippen LogP contribution in [0.5, 0.6) is 0 Å². The summed E-state index contributed by atoms with van der Waals surface area (Å²) in [5.41, 5.74) is 4.66. The molecule has 2 heterocycles. The number of para-hydroxylation sites is 2. The molecule has 5 rings (SSSR count). The number of aromatic nitrogens is 1. The molecule has 4 aromatic rings. The van der Waals surface area contributed by atoms with Crippen molar-refractivity contribution in [3.05, 3.63) is 72.8 Å². The lowest BCUT2D eigenvalue weighted by molar-refractivity contribution is 0.365. The molecule has 3 nitrogen and oxygen atoms in total. The first-order chi connectivity index (χ1) is 11.9. The summed E-state index contributed by atoms with van der Waals surface area (Å²) in [4.78, 5) is 0. The second-order valence-electron chi connectivity index (χ2n) is 6.03. The summed E-state index contributed by atoms with van der Waals surface area (Å²) in [6.07, 6.45) is 0. The summed E-state index contributed by atoms with van der Waals surface area (Å²) in [7, 11) is -0.225. The van der Waals surface area contributed by atoms with Gasteiger partial charge < -0.3 is 13.9 Å². The number of hydrogen-bond acceptors (Lipinski definition) is 2. The Kier molecular flexibility index (Phi) is 3.18. The van der Waals surface area contributed by atoms with Gasteiger partial charge in [-0.25, -0.2) is 0 Å². The van der Waals surface area contributed by atoms with Crippen molar-refractivity contribution in [2.45, 2.75) is 0 Å². The van der Waals surface area contributed by atoms with E-state index in [0.717, 1.165) is 11.2 Å². The standard InChI is InChI=1S/C20H16BNO2/c1-3-7-19-17(5-1)18-6-2-4-8-20(18)22(19)16-11-9-15(10-12-16)21-23-13-14-24-21/h1-12H,13-14H2. The molecule has 1 aliphatic heterocycles. The SMILES string of the molecule is c1ccc2c(c1)c1ccccc1n2-c1ccc(B2OCCO2)cc1. The number of benzene rings is 3. The van der Waals surface area contributed by atoms with E-state index in [2.05, 4.69) is 77.4 Å². The second kappa shape index (κ2) is 5.51. The van der Waals surface area contributed by atoms with Gasteiger partial charge in [-0.1, -0.05) is 48.5 Å². The van der Waals surface area contributed by atoms with Crippen LogP contribution in [0.2, 0.25) is 0 Å². The van der Waals surface area contributed by atoms with Gasteiger partial charge in [0.25, 0.3) is 0 Å². The fourth-order valence-electron chi connectivity index (χ4n) is 3.53. The van der Waals surface area contributed by atoms with Crippen molar-refractivity contribution in [3.8, 4) is 5.69 Å². The average Bonchev–Trinajstić information content (AvgIpc) is 3.28. The molecule has 0 N–H and O–H groups in total. The Balaban J connectivity index is 1.70. The van der Waals surface area contributed by atoms with Crippen LogP contribution in [0.4, 0.5) is 0 Å². The minimum atomic E-state index is -0.225. The zero-order valence-electron chi connectivity index (χ0n) is 13.2. The first-order valence-electron chi connectivity index (χ1n) is 8.23. The molecular weight excluding hydrogens is 297 g/mol. The highest BCUT2D eigenvalue weighted by Crippen LogP contribution is 2.31. The molecule has 1 saturated heterocycles. The average molecular weight is 313 g/mol. The highest BCUT2D eigenvalue weighted by atomic mass is 16.6. The van der Waals surface area contributed by atoms with Crippen molar-refractivity contribution in [3.63, 3.8) is 0 Å². The van der Waals surface area contributed by atoms with E-state index in [9.17, 15) is 0 Å². The van der Waals surface area contributed by atoms with Gasteiger partial charge in [0.15, 0.2) is 0 Å². The van der Waals surface area contributed by atoms with Gasteiger partial charge in [0.05, 0.1) is 24.2 Å². The lowest BCUT2D eigenvalue weighted by atomic mass is 9.79. The molecule has 0 bridgehead atoms. The van der Waals surface area contributed by atoms with E-state index in [1.807, 2.05) is 0 Å². The smallest absolute Gasteiger partial charge is 0.405 e. The minimum Gasteiger partial charge on any atom is -0.405 e. The van der Waals surface area contributed by atoms with E-state index in [1.54, 1.807) is 0 Å². The number of hydrogen-bond donors (Lipinski definition) is 0. The molecular formula is C20H16BNO2. The predicted molar refractivity (Wildman–Crippen MR) is 98.1 cm³/mol. The van der Waals surface area contributed by atoms with Gasteiger partial charge in [-0.05, 0) is 29.7 Å². The molecule has 4 heteroatoms. The van der Waals surface area contributed by atoms with E-state index < -0.39 is 0 Å². The van der Waals surface area contributed by atoms with Gasteiger partial charge in [0.2, 0.25) is 0 Å². The summed E-state index contributed by atoms with van der Waals surface area (Å²) in [5.74, 6) is 0. The molecule has 116 valence electrons. The lowest BCUT2D eigenvalue weighted by Gasteiger charge is -2.10. The van der Waals surface area contributed by atoms with Crippen LogP contribution in [0.3, 0.4) is 0 Å². The summed E-state index contributed by atoms with van der Waals surface area (Å²) in [5, 5.41) is 2.55. The van der Waals surface area contributed by atoms with E-state index in [0.29, 0.717) is 13.2 Å². The van der Waals surface area contributed by atoms with Gasteiger partial charge in [0, 0.05) is 16.5 Å². The van der Waals surface area contributed by atoms with Gasteiger partial charge >= 0.3 is 7.12 Å². The Labute approximate surface area is 140 Å². The lowest BCUT2D eigenvalue weighted by Crippen LogP contribution is -2.31. The van der Waals surface area contributed by atoms with Crippen LogP contribution in [0.15, 0.2) is 72.8 Å². The third kappa shape index (κ3) is 2.08. The van der Waals surface area contributed by atoms with Crippen LogP contribution in [-0.4, -0.2) is 24.9 Å². The van der Waals surface area contributed by atoms with Crippen LogP contribution in [-0.2, 0) is 9.31 Å². The van der Waals surface area contributed by atoms with Gasteiger partial charge in [-0.2, -0.15) is 0 Å². The van der Waals surface area contributed by atoms with Gasteiger partial charge in [-0.15, -0.1) is 0 Å². The Hall–Kier alpha value is -2.56. The second-order valence-corrected chi connectivity index (χ2v) is 6.03. The Morgan fingerprint density at radius 2 is 1.21 bits per heavy atom. The molecule has 0 amide bonds. The van der Waals surface area contributed by atoms with Crippen molar-refractivity contribution >= 4 is 34.4 Å². The van der Waals surface area contributed by atoms with Crippen LogP contribution in [0, 0.1) is 0 Å². The summed E-state index contributed by atoms with van der Waals surface area (Å²) in [6, 6.07) is 25.5. The maximum absolute atomic E-state index is 5.58. The molecule has 24 heavy (non-hydrogen) atoms.